The number of methoxy groups -OCH3 is 4. The average molecular weight is 798 g/mol. The summed E-state index contributed by atoms with van der Waals surface area (Å²) < 4.78 is 88.6. The molecule has 0 saturated carbocycles. The van der Waals surface area contributed by atoms with Crippen molar-refractivity contribution in [3.8, 4) is 45.9 Å². The monoisotopic (exact) mass is 797 g/mol. The quantitative estimate of drug-likeness (QED) is 0.0948. The van der Waals surface area contributed by atoms with E-state index in [-0.39, 0.29) is 73.9 Å². The number of thiocarbonyl (C=S) groups is 1. The number of nitrogens with zero attached hydrogens (tertiary/aromatic N) is 4. The number of aromatic nitrogens is 3. The lowest BCUT2D eigenvalue weighted by Gasteiger charge is -2.27. The van der Waals surface area contributed by atoms with Crippen molar-refractivity contribution in [1.82, 2.24) is 15.0 Å². The Kier molecular flexibility index (Phi) is 12.4. The van der Waals surface area contributed by atoms with Crippen LogP contribution in [0.1, 0.15) is 38.7 Å². The van der Waals surface area contributed by atoms with E-state index in [4.69, 9.17) is 40.7 Å². The number of hydrogen-bond donors (Lipinski definition) is 1. The van der Waals surface area contributed by atoms with Gasteiger partial charge in [0.2, 0.25) is 17.3 Å². The van der Waals surface area contributed by atoms with Gasteiger partial charge in [-0.05, 0) is 54.8 Å². The second-order valence-electron chi connectivity index (χ2n) is 11.6. The first-order valence-corrected chi connectivity index (χ1v) is 19.7. The van der Waals surface area contributed by atoms with E-state index in [1.165, 1.54) is 65.0 Å². The maximum atomic E-state index is 14.5. The van der Waals surface area contributed by atoms with Gasteiger partial charge in [-0.1, -0.05) is 56.4 Å². The molecular formula is C36H39N5O10S3. The molecule has 0 radical (unpaired) electrons. The lowest BCUT2D eigenvalue weighted by atomic mass is 10.1. The van der Waals surface area contributed by atoms with Crippen molar-refractivity contribution in [2.75, 3.05) is 44.2 Å². The Bertz CT molecular complexity index is 2290. The first kappa shape index (κ1) is 39.9. The molecule has 1 N–H and O–H groups in total. The van der Waals surface area contributed by atoms with Gasteiger partial charge in [-0.15, -0.1) is 4.47 Å². The van der Waals surface area contributed by atoms with Gasteiger partial charge < -0.3 is 23.7 Å². The van der Waals surface area contributed by atoms with Crippen LogP contribution < -0.4 is 32.9 Å². The van der Waals surface area contributed by atoms with Gasteiger partial charge in [0.25, 0.3) is 20.0 Å². The van der Waals surface area contributed by atoms with Crippen molar-refractivity contribution in [3.05, 3.63) is 83.4 Å². The molecule has 4 aromatic rings. The number of para-hydroxylation sites is 2. The lowest BCUT2D eigenvalue weighted by Crippen LogP contribution is -2.35. The summed E-state index contributed by atoms with van der Waals surface area (Å²) in [5, 5.41) is -0.344. The van der Waals surface area contributed by atoms with Crippen molar-refractivity contribution < 1.29 is 45.4 Å². The Labute approximate surface area is 319 Å². The molecule has 2 aromatic heterocycles. The summed E-state index contributed by atoms with van der Waals surface area (Å²) in [6, 6.07) is 12.5. The molecule has 15 nitrogen and oxygen atoms in total. The number of pyridine rings is 1. The van der Waals surface area contributed by atoms with Gasteiger partial charge >= 0.3 is 0 Å². The normalized spacial score (nSPS) is 13.0. The molecule has 54 heavy (non-hydrogen) atoms. The Morgan fingerprint density at radius 1 is 0.870 bits per heavy atom. The van der Waals surface area contributed by atoms with E-state index in [2.05, 4.69) is 19.7 Å². The highest BCUT2D eigenvalue weighted by Gasteiger charge is 2.37. The molecule has 0 saturated heterocycles. The number of ether oxygens (including phenoxy) is 5. The number of benzene rings is 2. The lowest BCUT2D eigenvalue weighted by molar-refractivity contribution is 0.160. The van der Waals surface area contributed by atoms with Gasteiger partial charge in [-0.3, -0.25) is 9.56 Å². The highest BCUT2D eigenvalue weighted by Crippen LogP contribution is 2.46. The fraction of sp³-hybridized carbons (Fsp3) is 0.278. The van der Waals surface area contributed by atoms with Crippen molar-refractivity contribution in [2.45, 2.75) is 38.1 Å². The highest BCUT2D eigenvalue weighted by atomic mass is 32.2. The Hall–Kier alpha value is -5.30. The van der Waals surface area contributed by atoms with Gasteiger partial charge in [0, 0.05) is 23.0 Å². The molecule has 1 aliphatic carbocycles. The minimum atomic E-state index is -4.66. The zero-order chi connectivity index (χ0) is 39.2. The van der Waals surface area contributed by atoms with Crippen LogP contribution in [0.4, 0.5) is 11.6 Å². The highest BCUT2D eigenvalue weighted by molar-refractivity contribution is 7.99. The third-order valence-electron chi connectivity index (χ3n) is 7.86. The van der Waals surface area contributed by atoms with Gasteiger partial charge in [-0.25, -0.2) is 15.0 Å². The van der Waals surface area contributed by atoms with E-state index in [1.807, 2.05) is 13.8 Å². The van der Waals surface area contributed by atoms with Gasteiger partial charge in [-0.2, -0.15) is 16.8 Å². The minimum absolute atomic E-state index is 0.0643. The largest absolute Gasteiger partial charge is 0.493 e. The maximum Gasteiger partial charge on any atom is 0.289 e. The van der Waals surface area contributed by atoms with E-state index in [0.29, 0.717) is 4.47 Å². The summed E-state index contributed by atoms with van der Waals surface area (Å²) in [5.74, 6) is -0.610. The van der Waals surface area contributed by atoms with Crippen LogP contribution in [0.2, 0.25) is 0 Å². The van der Waals surface area contributed by atoms with Gasteiger partial charge in [0.1, 0.15) is 4.91 Å². The van der Waals surface area contributed by atoms with Crippen LogP contribution in [-0.2, 0) is 24.9 Å². The van der Waals surface area contributed by atoms with Crippen LogP contribution in [0.5, 0.6) is 34.5 Å². The molecule has 0 aliphatic heterocycles. The topological polar surface area (TPSA) is 178 Å². The second-order valence-corrected chi connectivity index (χ2v) is 15.5. The smallest absolute Gasteiger partial charge is 0.289 e. The summed E-state index contributed by atoms with van der Waals surface area (Å²) >= 11 is 5.46. The third-order valence-corrected chi connectivity index (χ3v) is 11.3. The molecule has 1 aliphatic rings. The van der Waals surface area contributed by atoms with Crippen LogP contribution >= 0.6 is 12.2 Å². The first-order valence-electron chi connectivity index (χ1n) is 16.4. The van der Waals surface area contributed by atoms with Crippen LogP contribution in [-0.4, -0.2) is 71.7 Å². The Morgan fingerprint density at radius 3 is 2.09 bits per heavy atom. The molecule has 0 spiro atoms. The molecule has 0 fully saturated rings. The number of rotatable bonds is 16. The van der Waals surface area contributed by atoms with Crippen LogP contribution in [0.15, 0.2) is 82.9 Å². The zero-order valence-corrected chi connectivity index (χ0v) is 33.0. The zero-order valence-electron chi connectivity index (χ0n) is 30.5. The van der Waals surface area contributed by atoms with E-state index in [0.717, 1.165) is 5.56 Å². The molecule has 5 rings (SSSR count). The SMILES string of the molecule is CCON(c1nc(-c2cc(OC)c(OC)c(OC)c2)nc(NS(=O)(=O)c2ccc(C(C)C)cn2)c1Oc1ccccc1OC)S(=O)(=O)C1=CC=CCC1=S. The molecule has 0 atom stereocenters. The van der Waals surface area contributed by atoms with Crippen molar-refractivity contribution in [2.24, 2.45) is 0 Å². The number of sulfonamides is 2. The molecule has 2 heterocycles. The molecule has 2 aromatic carbocycles. The average Bonchev–Trinajstić information content (AvgIpc) is 3.17. The van der Waals surface area contributed by atoms with Crippen LogP contribution in [0.25, 0.3) is 11.4 Å². The molecule has 0 bridgehead atoms. The number of nitrogens with one attached hydrogen (secondary N) is 1. The predicted octanol–water partition coefficient (Wildman–Crippen LogP) is 6.59. The third kappa shape index (κ3) is 8.25. The van der Waals surface area contributed by atoms with E-state index in [9.17, 15) is 16.8 Å². The molecule has 0 amide bonds. The summed E-state index contributed by atoms with van der Waals surface area (Å²) in [6.07, 6.45) is 6.24. The molecular weight excluding hydrogens is 759 g/mol. The minimum Gasteiger partial charge on any atom is -0.493 e. The fourth-order valence-electron chi connectivity index (χ4n) is 5.15. The Morgan fingerprint density at radius 2 is 1.54 bits per heavy atom. The second kappa shape index (κ2) is 16.8. The molecule has 18 heteroatoms. The number of hydrogen-bond acceptors (Lipinski definition) is 14. The van der Waals surface area contributed by atoms with E-state index >= 15 is 0 Å². The van der Waals surface area contributed by atoms with Gasteiger partial charge in [0.15, 0.2) is 39.7 Å². The standard InChI is InChI=1S/C36H39N5O10S3/c1-8-50-41(54(44,45)30-16-12-11-15-29(30)52)36-33(51-26-14-10-9-13-25(26)46-4)35(40-53(42,43)31-18-17-23(21-37-31)22(2)3)38-34(39-36)24-19-27(47-5)32(49-7)28(20-24)48-6/h9-14,16-22H,8,15H2,1-7H3,(H,38,39,40). The van der Waals surface area contributed by atoms with E-state index in [1.54, 1.807) is 43.3 Å². The summed E-state index contributed by atoms with van der Waals surface area (Å²) in [7, 11) is -3.53. The molecule has 286 valence electrons. The summed E-state index contributed by atoms with van der Waals surface area (Å²) in [4.78, 5) is 19.1. The van der Waals surface area contributed by atoms with Crippen LogP contribution in [0.3, 0.4) is 0 Å². The predicted molar refractivity (Wildman–Crippen MR) is 207 cm³/mol. The van der Waals surface area contributed by atoms with Gasteiger partial charge in [0.05, 0.1) is 35.0 Å². The number of allylic oxidation sites excluding steroid dienone is 4. The van der Waals surface area contributed by atoms with Crippen molar-refractivity contribution >= 4 is 48.8 Å². The first-order chi connectivity index (χ1) is 25.8. The van der Waals surface area contributed by atoms with E-state index < -0.39 is 37.4 Å². The van der Waals surface area contributed by atoms with Crippen molar-refractivity contribution in [1.29, 1.82) is 0 Å². The maximum absolute atomic E-state index is 14.5. The summed E-state index contributed by atoms with van der Waals surface area (Å²) in [6.45, 7) is 5.28. The Balaban J connectivity index is 1.87. The fourth-order valence-corrected chi connectivity index (χ4v) is 7.97. The molecule has 0 unspecified atom stereocenters. The number of anilines is 2. The van der Waals surface area contributed by atoms with Crippen molar-refractivity contribution in [3.63, 3.8) is 0 Å². The summed E-state index contributed by atoms with van der Waals surface area (Å²) in [5.41, 5.74) is 1.02. The van der Waals surface area contributed by atoms with Crippen LogP contribution in [0, 0.1) is 0 Å².